The number of aliphatic hydroxyl groups is 1. The molecule has 0 aliphatic heterocycles. The maximum Gasteiger partial charge on any atom is 0.119 e. The molecule has 0 aromatic heterocycles. The van der Waals surface area contributed by atoms with Crippen molar-refractivity contribution in [2.24, 2.45) is 11.7 Å². The fraction of sp³-hybridized carbons (Fsp3) is 0.538. The minimum atomic E-state index is -0.880. The zero-order valence-corrected chi connectivity index (χ0v) is 12.1. The lowest BCUT2D eigenvalue weighted by molar-refractivity contribution is 0.00391. The first-order valence-corrected chi connectivity index (χ1v) is 6.47. The van der Waals surface area contributed by atoms with Gasteiger partial charge in [0, 0.05) is 17.4 Å². The van der Waals surface area contributed by atoms with E-state index in [1.165, 1.54) is 0 Å². The Morgan fingerprint density at radius 3 is 2.59 bits per heavy atom. The predicted molar refractivity (Wildman–Crippen MR) is 73.2 cm³/mol. The molecule has 0 fully saturated rings. The second kappa shape index (κ2) is 5.85. The van der Waals surface area contributed by atoms with Gasteiger partial charge in [-0.15, -0.1) is 0 Å². The lowest BCUT2D eigenvalue weighted by atomic mass is 9.84. The molecule has 0 amide bonds. The van der Waals surface area contributed by atoms with Crippen molar-refractivity contribution in [2.75, 3.05) is 13.7 Å². The van der Waals surface area contributed by atoms with Crippen LogP contribution >= 0.6 is 15.9 Å². The largest absolute Gasteiger partial charge is 0.497 e. The molecule has 0 saturated heterocycles. The van der Waals surface area contributed by atoms with Gasteiger partial charge in [-0.25, -0.2) is 0 Å². The molecule has 17 heavy (non-hydrogen) atoms. The maximum absolute atomic E-state index is 10.5. The van der Waals surface area contributed by atoms with E-state index >= 15 is 0 Å². The van der Waals surface area contributed by atoms with Crippen LogP contribution in [0.15, 0.2) is 22.7 Å². The molecule has 0 saturated carbocycles. The summed E-state index contributed by atoms with van der Waals surface area (Å²) in [5, 5.41) is 10.5. The molecule has 0 bridgehead atoms. The molecule has 1 rings (SSSR count). The Morgan fingerprint density at radius 1 is 1.47 bits per heavy atom. The van der Waals surface area contributed by atoms with Gasteiger partial charge in [-0.05, 0) is 29.7 Å². The van der Waals surface area contributed by atoms with Crippen LogP contribution in [0.4, 0.5) is 0 Å². The van der Waals surface area contributed by atoms with E-state index in [1.54, 1.807) is 7.11 Å². The first kappa shape index (κ1) is 14.5. The average Bonchev–Trinajstić information content (AvgIpc) is 2.31. The highest BCUT2D eigenvalue weighted by Crippen LogP contribution is 2.28. The standard InChI is InChI=1S/C13H20BrNO2/c1-9(2)13(16,8-15)7-10-6-11(17-3)4-5-12(10)14/h4-6,9,16H,7-8,15H2,1-3H3. The molecule has 1 aromatic carbocycles. The van der Waals surface area contributed by atoms with Crippen LogP contribution in [0, 0.1) is 5.92 Å². The number of halogens is 1. The number of benzene rings is 1. The van der Waals surface area contributed by atoms with Gasteiger partial charge >= 0.3 is 0 Å². The minimum Gasteiger partial charge on any atom is -0.497 e. The van der Waals surface area contributed by atoms with E-state index in [0.717, 1.165) is 15.8 Å². The van der Waals surface area contributed by atoms with Crippen molar-refractivity contribution in [3.8, 4) is 5.75 Å². The molecular formula is C13H20BrNO2. The van der Waals surface area contributed by atoms with Crippen LogP contribution in [-0.2, 0) is 6.42 Å². The Morgan fingerprint density at radius 2 is 2.12 bits per heavy atom. The molecule has 1 aromatic rings. The summed E-state index contributed by atoms with van der Waals surface area (Å²) in [4.78, 5) is 0. The van der Waals surface area contributed by atoms with Crippen LogP contribution in [-0.4, -0.2) is 24.4 Å². The lowest BCUT2D eigenvalue weighted by Gasteiger charge is -2.31. The summed E-state index contributed by atoms with van der Waals surface area (Å²) in [6.45, 7) is 4.19. The predicted octanol–water partition coefficient (Wildman–Crippen LogP) is 2.35. The van der Waals surface area contributed by atoms with Crippen LogP contribution in [0.1, 0.15) is 19.4 Å². The van der Waals surface area contributed by atoms with Gasteiger partial charge in [0.1, 0.15) is 5.75 Å². The zero-order chi connectivity index (χ0) is 13.1. The number of methoxy groups -OCH3 is 1. The molecule has 0 aliphatic carbocycles. The summed E-state index contributed by atoms with van der Waals surface area (Å²) in [7, 11) is 1.63. The van der Waals surface area contributed by atoms with Crippen molar-refractivity contribution in [1.29, 1.82) is 0 Å². The topological polar surface area (TPSA) is 55.5 Å². The quantitative estimate of drug-likeness (QED) is 0.878. The van der Waals surface area contributed by atoms with Crippen molar-refractivity contribution >= 4 is 15.9 Å². The SMILES string of the molecule is COc1ccc(Br)c(CC(O)(CN)C(C)C)c1. The summed E-state index contributed by atoms with van der Waals surface area (Å²) in [5.41, 5.74) is 5.81. The molecule has 3 N–H and O–H groups in total. The van der Waals surface area contributed by atoms with E-state index in [1.807, 2.05) is 32.0 Å². The van der Waals surface area contributed by atoms with Crippen LogP contribution in [0.3, 0.4) is 0 Å². The number of rotatable bonds is 5. The van der Waals surface area contributed by atoms with Crippen molar-refractivity contribution in [1.82, 2.24) is 0 Å². The van der Waals surface area contributed by atoms with E-state index in [2.05, 4.69) is 15.9 Å². The molecule has 3 nitrogen and oxygen atoms in total. The van der Waals surface area contributed by atoms with Gasteiger partial charge in [0.15, 0.2) is 0 Å². The van der Waals surface area contributed by atoms with Crippen molar-refractivity contribution in [3.05, 3.63) is 28.2 Å². The number of nitrogens with two attached hydrogens (primary N) is 1. The number of ether oxygens (including phenoxy) is 1. The molecule has 0 radical (unpaired) electrons. The minimum absolute atomic E-state index is 0.102. The Balaban J connectivity index is 3.00. The molecule has 4 heteroatoms. The first-order chi connectivity index (χ1) is 7.92. The van der Waals surface area contributed by atoms with Gasteiger partial charge in [-0.1, -0.05) is 29.8 Å². The van der Waals surface area contributed by atoms with E-state index in [9.17, 15) is 5.11 Å². The highest BCUT2D eigenvalue weighted by Gasteiger charge is 2.30. The van der Waals surface area contributed by atoms with E-state index < -0.39 is 5.60 Å². The molecule has 0 heterocycles. The Bertz CT molecular complexity index is 382. The Hall–Kier alpha value is -0.580. The lowest BCUT2D eigenvalue weighted by Crippen LogP contribution is -2.44. The van der Waals surface area contributed by atoms with Crippen molar-refractivity contribution in [2.45, 2.75) is 25.9 Å². The Labute approximate surface area is 111 Å². The summed E-state index contributed by atoms with van der Waals surface area (Å²) in [6, 6.07) is 5.73. The van der Waals surface area contributed by atoms with Gasteiger partial charge in [0.2, 0.25) is 0 Å². The molecule has 96 valence electrons. The first-order valence-electron chi connectivity index (χ1n) is 5.68. The van der Waals surface area contributed by atoms with E-state index in [4.69, 9.17) is 10.5 Å². The second-order valence-electron chi connectivity index (χ2n) is 4.60. The summed E-state index contributed by atoms with van der Waals surface area (Å²) < 4.78 is 6.15. The molecule has 1 unspecified atom stereocenters. The Kier molecular flexibility index (Phi) is 4.98. The molecular weight excluding hydrogens is 282 g/mol. The number of hydrogen-bond donors (Lipinski definition) is 2. The van der Waals surface area contributed by atoms with Crippen LogP contribution in [0.25, 0.3) is 0 Å². The summed E-state index contributed by atoms with van der Waals surface area (Å²) >= 11 is 3.48. The number of hydrogen-bond acceptors (Lipinski definition) is 3. The van der Waals surface area contributed by atoms with Crippen LogP contribution in [0.5, 0.6) is 5.75 Å². The van der Waals surface area contributed by atoms with Gasteiger partial charge in [-0.2, -0.15) is 0 Å². The molecule has 0 spiro atoms. The zero-order valence-electron chi connectivity index (χ0n) is 10.5. The second-order valence-corrected chi connectivity index (χ2v) is 5.45. The monoisotopic (exact) mass is 301 g/mol. The highest BCUT2D eigenvalue weighted by molar-refractivity contribution is 9.10. The van der Waals surface area contributed by atoms with Crippen molar-refractivity contribution in [3.63, 3.8) is 0 Å². The van der Waals surface area contributed by atoms with Gasteiger partial charge < -0.3 is 15.6 Å². The smallest absolute Gasteiger partial charge is 0.119 e. The van der Waals surface area contributed by atoms with Crippen LogP contribution < -0.4 is 10.5 Å². The van der Waals surface area contributed by atoms with Crippen LogP contribution in [0.2, 0.25) is 0 Å². The van der Waals surface area contributed by atoms with Gasteiger partial charge in [0.05, 0.1) is 12.7 Å². The fourth-order valence-electron chi connectivity index (χ4n) is 1.66. The van der Waals surface area contributed by atoms with Gasteiger partial charge in [-0.3, -0.25) is 0 Å². The maximum atomic E-state index is 10.5. The summed E-state index contributed by atoms with van der Waals surface area (Å²) in [6.07, 6.45) is 0.513. The third-order valence-corrected chi connectivity index (χ3v) is 3.95. The van der Waals surface area contributed by atoms with Crippen molar-refractivity contribution < 1.29 is 9.84 Å². The molecule has 1 atom stereocenters. The average molecular weight is 302 g/mol. The highest BCUT2D eigenvalue weighted by atomic mass is 79.9. The summed E-state index contributed by atoms with van der Waals surface area (Å²) in [5.74, 6) is 0.886. The third kappa shape index (κ3) is 3.44. The third-order valence-electron chi connectivity index (χ3n) is 3.18. The molecule has 0 aliphatic rings. The van der Waals surface area contributed by atoms with E-state index in [0.29, 0.717) is 6.42 Å². The fourth-order valence-corrected chi connectivity index (χ4v) is 2.04. The van der Waals surface area contributed by atoms with Gasteiger partial charge in [0.25, 0.3) is 0 Å². The van der Waals surface area contributed by atoms with E-state index in [-0.39, 0.29) is 12.5 Å². The normalized spacial score (nSPS) is 14.8.